The van der Waals surface area contributed by atoms with Gasteiger partial charge in [0.1, 0.15) is 11.5 Å². The third-order valence-corrected chi connectivity index (χ3v) is 8.72. The molecule has 12 nitrogen and oxygen atoms in total. The van der Waals surface area contributed by atoms with E-state index in [4.69, 9.17) is 0 Å². The summed E-state index contributed by atoms with van der Waals surface area (Å²) in [7, 11) is -8.71. The maximum Gasteiger partial charge on any atom is 0.333 e. The summed E-state index contributed by atoms with van der Waals surface area (Å²) in [5, 5.41) is 25.0. The monoisotopic (exact) mass is 584 g/mol. The first-order valence-corrected chi connectivity index (χ1v) is 14.5. The van der Waals surface area contributed by atoms with E-state index >= 15 is 0 Å². The fraction of sp³-hybridized carbons (Fsp3) is 0.0769. The van der Waals surface area contributed by atoms with Crippen LogP contribution in [0.3, 0.4) is 0 Å². The van der Waals surface area contributed by atoms with E-state index in [-0.39, 0.29) is 38.1 Å². The fourth-order valence-corrected chi connectivity index (χ4v) is 6.30. The smallest absolute Gasteiger partial charge is 0.333 e. The Hall–Kier alpha value is -4.82. The third kappa shape index (κ3) is 6.08. The highest BCUT2D eigenvalue weighted by Crippen LogP contribution is 2.31. The zero-order chi connectivity index (χ0) is 29.2. The predicted molar refractivity (Wildman–Crippen MR) is 148 cm³/mol. The molecule has 4 rings (SSSR count). The number of phenolic OH excluding ortho intramolecular Hbond substituents is 2. The van der Waals surface area contributed by atoms with Crippen molar-refractivity contribution in [1.82, 2.24) is 9.44 Å². The van der Waals surface area contributed by atoms with Gasteiger partial charge in [-0.25, -0.2) is 35.9 Å². The Morgan fingerprint density at radius 2 is 1.02 bits per heavy atom. The number of phenols is 2. The SMILES string of the molecule is Cc1ccc(O)cc1S(=O)(=O)NC(=O)Nc1cccc2cccc(NC(=O)NS(=O)(=O)c3cc(O)ccc3C)c12. The molecule has 0 heterocycles. The van der Waals surface area contributed by atoms with E-state index < -0.39 is 32.1 Å². The van der Waals surface area contributed by atoms with Crippen LogP contribution in [0.1, 0.15) is 11.1 Å². The summed E-state index contributed by atoms with van der Waals surface area (Å²) in [5.74, 6) is -0.591. The number of aromatic hydroxyl groups is 2. The molecule has 4 aromatic carbocycles. The zero-order valence-corrected chi connectivity index (χ0v) is 22.7. The first-order chi connectivity index (χ1) is 18.8. The lowest BCUT2D eigenvalue weighted by molar-refractivity contribution is 0.255. The van der Waals surface area contributed by atoms with Gasteiger partial charge in [-0.15, -0.1) is 0 Å². The lowest BCUT2D eigenvalue weighted by Gasteiger charge is -2.15. The molecule has 0 saturated carbocycles. The number of hydrogen-bond acceptors (Lipinski definition) is 8. The number of hydrogen-bond donors (Lipinski definition) is 6. The molecule has 0 spiro atoms. The minimum atomic E-state index is -4.35. The van der Waals surface area contributed by atoms with Crippen molar-refractivity contribution in [3.63, 3.8) is 0 Å². The lowest BCUT2D eigenvalue weighted by Crippen LogP contribution is -2.35. The predicted octanol–water partition coefficient (Wildman–Crippen LogP) is 3.89. The maximum absolute atomic E-state index is 12.8. The summed E-state index contributed by atoms with van der Waals surface area (Å²) in [5.41, 5.74) is 0.828. The normalized spacial score (nSPS) is 11.6. The Balaban J connectivity index is 1.59. The van der Waals surface area contributed by atoms with Crippen molar-refractivity contribution in [2.45, 2.75) is 23.6 Å². The van der Waals surface area contributed by atoms with Crippen LogP contribution in [0.25, 0.3) is 10.8 Å². The van der Waals surface area contributed by atoms with E-state index in [1.54, 1.807) is 24.3 Å². The van der Waals surface area contributed by atoms with Gasteiger partial charge in [0.2, 0.25) is 0 Å². The number of benzene rings is 4. The lowest BCUT2D eigenvalue weighted by atomic mass is 10.1. The Morgan fingerprint density at radius 1 is 0.625 bits per heavy atom. The molecule has 0 bridgehead atoms. The number of rotatable bonds is 6. The second kappa shape index (κ2) is 10.7. The standard InChI is InChI=1S/C26H24N4O8S2/c1-15-9-11-18(31)13-22(15)39(35,36)29-25(33)27-20-7-3-5-17-6-4-8-21(24(17)20)28-26(34)30-40(37,38)23-14-19(32)12-10-16(23)2/h3-14,31-32H,1-2H3,(H2,27,29,33)(H2,28,30,34). The van der Waals surface area contributed by atoms with Crippen LogP contribution in [0, 0.1) is 13.8 Å². The Bertz CT molecular complexity index is 1740. The molecule has 0 unspecified atom stereocenters. The van der Waals surface area contributed by atoms with Crippen molar-refractivity contribution in [1.29, 1.82) is 0 Å². The minimum Gasteiger partial charge on any atom is -0.508 e. The molecule has 4 aromatic rings. The Labute approximate surface area is 229 Å². The summed E-state index contributed by atoms with van der Waals surface area (Å²) < 4.78 is 54.8. The van der Waals surface area contributed by atoms with Crippen LogP contribution in [0.5, 0.6) is 11.5 Å². The van der Waals surface area contributed by atoms with Crippen LogP contribution in [0.2, 0.25) is 0 Å². The number of urea groups is 2. The zero-order valence-electron chi connectivity index (χ0n) is 21.1. The summed E-state index contributed by atoms with van der Waals surface area (Å²) >= 11 is 0. The number of nitrogens with one attached hydrogen (secondary N) is 4. The highest BCUT2D eigenvalue weighted by molar-refractivity contribution is 7.90. The van der Waals surface area contributed by atoms with Crippen LogP contribution in [0.15, 0.2) is 82.6 Å². The van der Waals surface area contributed by atoms with Crippen LogP contribution < -0.4 is 20.1 Å². The van der Waals surface area contributed by atoms with E-state index in [0.29, 0.717) is 16.5 Å². The highest BCUT2D eigenvalue weighted by Gasteiger charge is 2.23. The first-order valence-electron chi connectivity index (χ1n) is 11.6. The van der Waals surface area contributed by atoms with Crippen LogP contribution in [-0.4, -0.2) is 39.1 Å². The minimum absolute atomic E-state index is 0.111. The molecule has 0 radical (unpaired) electrons. The van der Waals surface area contributed by atoms with Gasteiger partial charge in [-0.1, -0.05) is 36.4 Å². The van der Waals surface area contributed by atoms with Crippen molar-refractivity contribution in [2.24, 2.45) is 0 Å². The van der Waals surface area contributed by atoms with E-state index in [0.717, 1.165) is 12.1 Å². The summed E-state index contributed by atoms with van der Waals surface area (Å²) in [6, 6.07) is 14.6. The van der Waals surface area contributed by atoms with Crippen LogP contribution >= 0.6 is 0 Å². The number of fused-ring (bicyclic) bond motifs is 1. The molecule has 0 saturated heterocycles. The molecule has 14 heteroatoms. The van der Waals surface area contributed by atoms with Gasteiger partial charge in [0.15, 0.2) is 0 Å². The number of carbonyl (C=O) groups is 2. The van der Waals surface area contributed by atoms with Gasteiger partial charge < -0.3 is 20.8 Å². The molecule has 4 amide bonds. The number of carbonyl (C=O) groups excluding carboxylic acids is 2. The molecule has 0 fully saturated rings. The molecule has 40 heavy (non-hydrogen) atoms. The van der Waals surface area contributed by atoms with Gasteiger partial charge in [-0.2, -0.15) is 0 Å². The number of aryl methyl sites for hydroxylation is 2. The number of sulfonamides is 2. The summed E-state index contributed by atoms with van der Waals surface area (Å²) in [6.45, 7) is 3.00. The van der Waals surface area contributed by atoms with Gasteiger partial charge in [-0.3, -0.25) is 0 Å². The largest absolute Gasteiger partial charge is 0.508 e. The van der Waals surface area contributed by atoms with Crippen molar-refractivity contribution in [3.8, 4) is 11.5 Å². The molecule has 0 atom stereocenters. The fourth-order valence-electron chi connectivity index (χ4n) is 3.96. The second-order valence-corrected chi connectivity index (χ2v) is 12.0. The topological polar surface area (TPSA) is 191 Å². The van der Waals surface area contributed by atoms with Gasteiger partial charge in [0.25, 0.3) is 20.0 Å². The van der Waals surface area contributed by atoms with Crippen LogP contribution in [0.4, 0.5) is 21.0 Å². The van der Waals surface area contributed by atoms with Crippen LogP contribution in [-0.2, 0) is 20.0 Å². The highest BCUT2D eigenvalue weighted by atomic mass is 32.2. The molecule has 0 aliphatic heterocycles. The van der Waals surface area contributed by atoms with Crippen molar-refractivity contribution >= 4 is 54.3 Å². The first kappa shape index (κ1) is 28.2. The third-order valence-electron chi connectivity index (χ3n) is 5.78. The Kier molecular flexibility index (Phi) is 7.57. The summed E-state index contributed by atoms with van der Waals surface area (Å²) in [6.07, 6.45) is 0. The molecular weight excluding hydrogens is 560 g/mol. The Morgan fingerprint density at radius 3 is 1.43 bits per heavy atom. The molecule has 6 N–H and O–H groups in total. The van der Waals surface area contributed by atoms with Gasteiger partial charge in [-0.05, 0) is 54.6 Å². The van der Waals surface area contributed by atoms with E-state index in [1.165, 1.54) is 50.2 Å². The number of amides is 4. The number of anilines is 2. The van der Waals surface area contributed by atoms with Crippen molar-refractivity contribution in [2.75, 3.05) is 10.6 Å². The van der Waals surface area contributed by atoms with E-state index in [9.17, 15) is 36.6 Å². The quantitative estimate of drug-likeness (QED) is 0.197. The van der Waals surface area contributed by atoms with Gasteiger partial charge in [0.05, 0.1) is 21.2 Å². The molecule has 0 aromatic heterocycles. The average Bonchev–Trinajstić information content (AvgIpc) is 2.86. The maximum atomic E-state index is 12.8. The molecule has 208 valence electrons. The molecule has 0 aliphatic carbocycles. The van der Waals surface area contributed by atoms with Crippen molar-refractivity contribution in [3.05, 3.63) is 83.9 Å². The van der Waals surface area contributed by atoms with Gasteiger partial charge in [0, 0.05) is 17.5 Å². The second-order valence-electron chi connectivity index (χ2n) is 8.73. The molecular formula is C26H24N4O8S2. The van der Waals surface area contributed by atoms with E-state index in [1.807, 2.05) is 9.44 Å². The van der Waals surface area contributed by atoms with Gasteiger partial charge >= 0.3 is 12.1 Å². The molecule has 0 aliphatic rings. The summed E-state index contributed by atoms with van der Waals surface area (Å²) in [4.78, 5) is 24.9. The van der Waals surface area contributed by atoms with Crippen molar-refractivity contribution < 1.29 is 36.6 Å². The average molecular weight is 585 g/mol. The van der Waals surface area contributed by atoms with E-state index in [2.05, 4.69) is 10.6 Å².